The summed E-state index contributed by atoms with van der Waals surface area (Å²) in [6.45, 7) is 40.5. The number of ether oxygens (including phenoxy) is 4. The lowest BCUT2D eigenvalue weighted by Gasteiger charge is -2.38. The molecule has 9 atom stereocenters. The van der Waals surface area contributed by atoms with Crippen LogP contribution in [0.15, 0.2) is 0 Å². The first-order chi connectivity index (χ1) is 19.1. The first-order valence-electron chi connectivity index (χ1n) is 16.8. The fraction of sp³-hybridized carbons (Fsp3) is 1.00. The third-order valence-corrected chi connectivity index (χ3v) is 19.8. The minimum atomic E-state index is -1.89. The molecule has 9 heteroatoms. The van der Waals surface area contributed by atoms with Crippen molar-refractivity contribution < 1.29 is 32.9 Å². The third-order valence-electron chi connectivity index (χ3n) is 10.8. The molecule has 2 fully saturated rings. The lowest BCUT2D eigenvalue weighted by molar-refractivity contribution is -0.159. The van der Waals surface area contributed by atoms with Crippen molar-refractivity contribution >= 4 is 16.6 Å². The van der Waals surface area contributed by atoms with Gasteiger partial charge in [-0.3, -0.25) is 0 Å². The van der Waals surface area contributed by atoms with Crippen molar-refractivity contribution in [2.75, 3.05) is 13.2 Å². The average Bonchev–Trinajstić information content (AvgIpc) is 3.34. The van der Waals surface area contributed by atoms with E-state index in [0.717, 1.165) is 0 Å². The SMILES string of the molecule is C[C@@H](CO[Si](C)(C)C(C)(C)C)[C@@H]1OC(C)(C)O[C@H]1[C@@H](C)CC(O)[C@H](C)[C@@H]1OC(C)(C)O[C@H]1[C@@H](C)CO[Si](C)(C)C(C)(C)C. The first-order valence-corrected chi connectivity index (χ1v) is 22.6. The number of hydrogen-bond donors (Lipinski definition) is 1. The van der Waals surface area contributed by atoms with Gasteiger partial charge in [0, 0.05) is 31.0 Å². The molecule has 0 radical (unpaired) electrons. The van der Waals surface area contributed by atoms with Gasteiger partial charge in [0.15, 0.2) is 28.2 Å². The van der Waals surface area contributed by atoms with Crippen LogP contribution in [0, 0.1) is 23.7 Å². The van der Waals surface area contributed by atoms with Crippen LogP contribution in [0.25, 0.3) is 0 Å². The first kappa shape index (κ1) is 39.3. The van der Waals surface area contributed by atoms with Crippen LogP contribution in [0.3, 0.4) is 0 Å². The van der Waals surface area contributed by atoms with E-state index in [4.69, 9.17) is 27.8 Å². The van der Waals surface area contributed by atoms with Gasteiger partial charge in [0.25, 0.3) is 0 Å². The second-order valence-corrected chi connectivity index (χ2v) is 27.5. The van der Waals surface area contributed by atoms with E-state index in [1.54, 1.807) is 0 Å². The Morgan fingerprint density at radius 2 is 0.907 bits per heavy atom. The highest BCUT2D eigenvalue weighted by Gasteiger charge is 2.51. The summed E-state index contributed by atoms with van der Waals surface area (Å²) < 4.78 is 39.0. The third kappa shape index (κ3) is 10.1. The van der Waals surface area contributed by atoms with E-state index < -0.39 is 34.3 Å². The van der Waals surface area contributed by atoms with E-state index in [1.165, 1.54) is 0 Å². The summed E-state index contributed by atoms with van der Waals surface area (Å²) in [7, 11) is -3.78. The van der Waals surface area contributed by atoms with Crippen LogP contribution in [0.1, 0.15) is 103 Å². The van der Waals surface area contributed by atoms with Crippen molar-refractivity contribution in [1.82, 2.24) is 0 Å². The van der Waals surface area contributed by atoms with Crippen molar-refractivity contribution in [3.63, 3.8) is 0 Å². The Bertz CT molecular complexity index is 892. The van der Waals surface area contributed by atoms with Crippen LogP contribution >= 0.6 is 0 Å². The maximum atomic E-state index is 11.6. The molecule has 0 aliphatic carbocycles. The molecule has 0 saturated carbocycles. The Labute approximate surface area is 267 Å². The van der Waals surface area contributed by atoms with Gasteiger partial charge in [0.2, 0.25) is 0 Å². The Morgan fingerprint density at radius 1 is 0.605 bits per heavy atom. The summed E-state index contributed by atoms with van der Waals surface area (Å²) in [6, 6.07) is 0. The van der Waals surface area contributed by atoms with Gasteiger partial charge in [0.1, 0.15) is 0 Å². The van der Waals surface area contributed by atoms with Crippen LogP contribution in [0.2, 0.25) is 36.3 Å². The molecule has 0 aromatic heterocycles. The molecular formula is C34H70O7Si2. The molecule has 0 aromatic rings. The van der Waals surface area contributed by atoms with Crippen LogP contribution < -0.4 is 0 Å². The summed E-state index contributed by atoms with van der Waals surface area (Å²) in [5, 5.41) is 11.9. The molecule has 1 N–H and O–H groups in total. The van der Waals surface area contributed by atoms with Crippen LogP contribution in [0.4, 0.5) is 0 Å². The minimum Gasteiger partial charge on any atom is -0.416 e. The second-order valence-electron chi connectivity index (χ2n) is 17.9. The van der Waals surface area contributed by atoms with Gasteiger partial charge in [-0.05, 0) is 76.3 Å². The Morgan fingerprint density at radius 3 is 1.26 bits per heavy atom. The zero-order valence-electron chi connectivity index (χ0n) is 31.2. The van der Waals surface area contributed by atoms with Gasteiger partial charge in [-0.15, -0.1) is 0 Å². The highest BCUT2D eigenvalue weighted by atomic mass is 28.4. The summed E-state index contributed by atoms with van der Waals surface area (Å²) in [5.41, 5.74) is 0. The van der Waals surface area contributed by atoms with Gasteiger partial charge in [-0.1, -0.05) is 69.2 Å². The molecule has 256 valence electrons. The molecule has 2 rings (SSSR count). The number of aliphatic hydroxyl groups excluding tert-OH is 1. The number of rotatable bonds is 13. The molecule has 2 saturated heterocycles. The Hall–Kier alpha value is 0.154. The topological polar surface area (TPSA) is 75.6 Å². The number of hydrogen-bond acceptors (Lipinski definition) is 7. The lowest BCUT2D eigenvalue weighted by atomic mass is 9.82. The van der Waals surface area contributed by atoms with Gasteiger partial charge in [-0.25, -0.2) is 0 Å². The summed E-state index contributed by atoms with van der Waals surface area (Å²) >= 11 is 0. The van der Waals surface area contributed by atoms with Gasteiger partial charge in [-0.2, -0.15) is 0 Å². The molecule has 1 unspecified atom stereocenters. The average molecular weight is 647 g/mol. The smallest absolute Gasteiger partial charge is 0.191 e. The Balaban J connectivity index is 2.11. The summed E-state index contributed by atoms with van der Waals surface area (Å²) in [4.78, 5) is 0. The quantitative estimate of drug-likeness (QED) is 0.202. The maximum absolute atomic E-state index is 11.6. The zero-order chi connectivity index (χ0) is 33.6. The Kier molecular flexibility index (Phi) is 12.5. The van der Waals surface area contributed by atoms with Gasteiger partial charge < -0.3 is 32.9 Å². The fourth-order valence-electron chi connectivity index (χ4n) is 5.61. The maximum Gasteiger partial charge on any atom is 0.191 e. The lowest BCUT2D eigenvalue weighted by Crippen LogP contribution is -2.46. The second kappa shape index (κ2) is 13.7. The normalized spacial score (nSPS) is 30.2. The van der Waals surface area contributed by atoms with Crippen LogP contribution in [-0.2, 0) is 27.8 Å². The molecule has 7 nitrogen and oxygen atoms in total. The molecule has 0 aromatic carbocycles. The molecule has 0 bridgehead atoms. The molecule has 0 spiro atoms. The largest absolute Gasteiger partial charge is 0.416 e. The van der Waals surface area contributed by atoms with E-state index >= 15 is 0 Å². The van der Waals surface area contributed by atoms with Crippen LogP contribution in [-0.4, -0.2) is 77.0 Å². The molecule has 0 amide bonds. The number of aliphatic hydroxyl groups is 1. The highest BCUT2D eigenvalue weighted by molar-refractivity contribution is 6.74. The standard InChI is InChI=1S/C34H70O7Si2/c1-22(27-28(39-33(11,12)38-27)23(2)20-36-42(15,16)31(5,6)7)19-26(35)25(4)30-29(40-34(13,14)41-30)24(3)21-37-43(17,18)32(8,9)10/h22-30,35H,19-21H2,1-18H3/t22-,23-,24-,25-,26?,27-,28-,29-,30-/m0/s1. The van der Waals surface area contributed by atoms with E-state index in [0.29, 0.717) is 19.6 Å². The van der Waals surface area contributed by atoms with E-state index in [9.17, 15) is 5.11 Å². The molecule has 43 heavy (non-hydrogen) atoms. The molecule has 2 aliphatic heterocycles. The van der Waals surface area contributed by atoms with E-state index in [2.05, 4.69) is 95.4 Å². The minimum absolute atomic E-state index is 0.0765. The van der Waals surface area contributed by atoms with Crippen molar-refractivity contribution in [2.24, 2.45) is 23.7 Å². The van der Waals surface area contributed by atoms with Gasteiger partial charge >= 0.3 is 0 Å². The molecule has 2 aliphatic rings. The summed E-state index contributed by atoms with van der Waals surface area (Å²) in [5.74, 6) is -1.15. The van der Waals surface area contributed by atoms with Crippen LogP contribution in [0.5, 0.6) is 0 Å². The van der Waals surface area contributed by atoms with Crippen molar-refractivity contribution in [1.29, 1.82) is 0 Å². The predicted molar refractivity (Wildman–Crippen MR) is 181 cm³/mol. The van der Waals surface area contributed by atoms with Crippen molar-refractivity contribution in [3.8, 4) is 0 Å². The molecular weight excluding hydrogens is 577 g/mol. The monoisotopic (exact) mass is 646 g/mol. The molecule has 2 heterocycles. The van der Waals surface area contributed by atoms with Crippen molar-refractivity contribution in [3.05, 3.63) is 0 Å². The van der Waals surface area contributed by atoms with Crippen molar-refractivity contribution in [2.45, 2.75) is 182 Å². The van der Waals surface area contributed by atoms with Gasteiger partial charge in [0.05, 0.1) is 30.5 Å². The fourth-order valence-corrected chi connectivity index (χ4v) is 7.84. The predicted octanol–water partition coefficient (Wildman–Crippen LogP) is 8.37. The summed E-state index contributed by atoms with van der Waals surface area (Å²) in [6.07, 6.45) is -0.646. The highest BCUT2D eigenvalue weighted by Crippen LogP contribution is 2.43. The zero-order valence-corrected chi connectivity index (χ0v) is 33.2. The van der Waals surface area contributed by atoms with E-state index in [1.807, 2.05) is 27.7 Å². The van der Waals surface area contributed by atoms with E-state index in [-0.39, 0.29) is 58.2 Å².